The number of benzene rings is 1. The summed E-state index contributed by atoms with van der Waals surface area (Å²) in [6.45, 7) is 0.991. The van der Waals surface area contributed by atoms with Gasteiger partial charge in [-0.05, 0) is 60.4 Å². The summed E-state index contributed by atoms with van der Waals surface area (Å²) in [5.41, 5.74) is 0.373. The molecule has 0 spiro atoms. The van der Waals surface area contributed by atoms with Crippen LogP contribution in [0.2, 0.25) is 0 Å². The number of aliphatic imine (C=N–C) groups is 1. The first kappa shape index (κ1) is 22.2. The Morgan fingerprint density at radius 3 is 2.37 bits per heavy atom. The monoisotopic (exact) mass is 418 g/mol. The number of halogens is 4. The van der Waals surface area contributed by atoms with Gasteiger partial charge in [0.1, 0.15) is 24.1 Å². The SMILES string of the molecule is CC1CCC(/C(C=N)=C/N=C/C2C=C(F)C(c3cc(F)c(CF)c(F)c3)=CC2)CC1. The molecule has 1 saturated carbocycles. The maximum Gasteiger partial charge on any atom is 0.132 e. The third kappa shape index (κ3) is 5.15. The quantitative estimate of drug-likeness (QED) is 0.377. The highest BCUT2D eigenvalue weighted by molar-refractivity contribution is 5.81. The standard InChI is InChI=1S/C24H26F4N2/c1-15-2-5-17(6-3-15)19(12-29)14-30-13-16-4-7-20(22(26)8-16)18-9-23(27)21(11-25)24(28)10-18/h7-10,12-17,29H,2-6,11H2,1H3/b19-14+,29-12?,30-13+. The molecule has 2 aliphatic rings. The van der Waals surface area contributed by atoms with E-state index in [1.165, 1.54) is 12.3 Å². The Labute approximate surface area is 174 Å². The van der Waals surface area contributed by atoms with Crippen molar-refractivity contribution in [2.24, 2.45) is 22.7 Å². The van der Waals surface area contributed by atoms with E-state index >= 15 is 0 Å². The average molecular weight is 418 g/mol. The largest absolute Gasteiger partial charge is 0.308 e. The normalized spacial score (nSPS) is 25.2. The van der Waals surface area contributed by atoms with Gasteiger partial charge < -0.3 is 5.41 Å². The van der Waals surface area contributed by atoms with Crippen LogP contribution in [0.15, 0.2) is 46.9 Å². The van der Waals surface area contributed by atoms with Crippen LogP contribution in [0.1, 0.15) is 50.2 Å². The summed E-state index contributed by atoms with van der Waals surface area (Å²) in [6.07, 6.45) is 12.4. The maximum atomic E-state index is 14.6. The summed E-state index contributed by atoms with van der Waals surface area (Å²) in [4.78, 5) is 4.30. The van der Waals surface area contributed by atoms with Crippen molar-refractivity contribution in [2.75, 3.05) is 0 Å². The average Bonchev–Trinajstić information content (AvgIpc) is 2.72. The van der Waals surface area contributed by atoms with Crippen molar-refractivity contribution in [3.63, 3.8) is 0 Å². The van der Waals surface area contributed by atoms with Crippen LogP contribution in [0.3, 0.4) is 0 Å². The van der Waals surface area contributed by atoms with Crippen molar-refractivity contribution < 1.29 is 17.6 Å². The summed E-state index contributed by atoms with van der Waals surface area (Å²) >= 11 is 0. The molecular weight excluding hydrogens is 392 g/mol. The molecule has 0 aliphatic heterocycles. The lowest BCUT2D eigenvalue weighted by molar-refractivity contribution is 0.325. The molecule has 3 rings (SSSR count). The predicted octanol–water partition coefficient (Wildman–Crippen LogP) is 7.12. The van der Waals surface area contributed by atoms with Crippen molar-refractivity contribution >= 4 is 18.0 Å². The molecule has 0 saturated heterocycles. The van der Waals surface area contributed by atoms with Crippen LogP contribution in [0.4, 0.5) is 17.6 Å². The van der Waals surface area contributed by atoms with Crippen molar-refractivity contribution in [1.29, 1.82) is 5.41 Å². The number of hydrogen-bond acceptors (Lipinski definition) is 2. The van der Waals surface area contributed by atoms with Crippen molar-refractivity contribution in [1.82, 2.24) is 0 Å². The zero-order valence-electron chi connectivity index (χ0n) is 17.0. The van der Waals surface area contributed by atoms with E-state index in [0.717, 1.165) is 49.3 Å². The molecule has 0 aromatic heterocycles. The second kappa shape index (κ2) is 10.0. The topological polar surface area (TPSA) is 36.2 Å². The van der Waals surface area contributed by atoms with Gasteiger partial charge in [-0.2, -0.15) is 0 Å². The summed E-state index contributed by atoms with van der Waals surface area (Å²) in [5.74, 6) is -1.86. The van der Waals surface area contributed by atoms with E-state index in [2.05, 4.69) is 11.9 Å². The molecule has 1 N–H and O–H groups in total. The van der Waals surface area contributed by atoms with Crippen molar-refractivity contribution in [2.45, 2.75) is 45.7 Å². The first-order valence-corrected chi connectivity index (χ1v) is 10.3. The van der Waals surface area contributed by atoms with Gasteiger partial charge in [-0.3, -0.25) is 4.99 Å². The molecule has 0 bridgehead atoms. The molecule has 160 valence electrons. The van der Waals surface area contributed by atoms with E-state index in [9.17, 15) is 17.6 Å². The minimum atomic E-state index is -1.25. The number of nitrogens with zero attached hydrogens (tertiary/aromatic N) is 1. The molecule has 2 aliphatic carbocycles. The van der Waals surface area contributed by atoms with Gasteiger partial charge >= 0.3 is 0 Å². The maximum absolute atomic E-state index is 14.6. The van der Waals surface area contributed by atoms with Gasteiger partial charge in [0.15, 0.2) is 0 Å². The van der Waals surface area contributed by atoms with Crippen LogP contribution >= 0.6 is 0 Å². The van der Waals surface area contributed by atoms with Gasteiger partial charge in [0.25, 0.3) is 0 Å². The molecule has 0 heterocycles. The zero-order chi connectivity index (χ0) is 21.7. The van der Waals surface area contributed by atoms with Crippen LogP contribution in [-0.2, 0) is 6.67 Å². The molecule has 1 unspecified atom stereocenters. The Morgan fingerprint density at radius 2 is 1.80 bits per heavy atom. The Hall–Kier alpha value is -2.50. The fraction of sp³-hybridized carbons (Fsp3) is 0.417. The molecule has 6 heteroatoms. The molecule has 0 radical (unpaired) electrons. The molecule has 30 heavy (non-hydrogen) atoms. The van der Waals surface area contributed by atoms with E-state index < -0.39 is 29.7 Å². The highest BCUT2D eigenvalue weighted by atomic mass is 19.1. The first-order valence-electron chi connectivity index (χ1n) is 10.3. The second-order valence-corrected chi connectivity index (χ2v) is 8.11. The van der Waals surface area contributed by atoms with Crippen LogP contribution in [0, 0.1) is 34.8 Å². The summed E-state index contributed by atoms with van der Waals surface area (Å²) in [5, 5.41) is 7.65. The van der Waals surface area contributed by atoms with E-state index in [-0.39, 0.29) is 17.1 Å². The Bertz CT molecular complexity index is 883. The lowest BCUT2D eigenvalue weighted by atomic mass is 9.79. The Kier molecular flexibility index (Phi) is 7.40. The van der Waals surface area contributed by atoms with Gasteiger partial charge in [0.2, 0.25) is 0 Å². The number of nitrogens with one attached hydrogen (secondary N) is 1. The molecule has 1 aromatic carbocycles. The predicted molar refractivity (Wildman–Crippen MR) is 113 cm³/mol. The van der Waals surface area contributed by atoms with Crippen LogP contribution in [0.25, 0.3) is 5.57 Å². The fourth-order valence-electron chi connectivity index (χ4n) is 4.04. The number of hydrogen-bond donors (Lipinski definition) is 1. The van der Waals surface area contributed by atoms with E-state index in [0.29, 0.717) is 12.3 Å². The third-order valence-electron chi connectivity index (χ3n) is 5.95. The summed E-state index contributed by atoms with van der Waals surface area (Å²) in [6, 6.07) is 1.91. The second-order valence-electron chi connectivity index (χ2n) is 8.11. The van der Waals surface area contributed by atoms with Gasteiger partial charge in [-0.15, -0.1) is 0 Å². The minimum Gasteiger partial charge on any atom is -0.308 e. The Balaban J connectivity index is 1.68. The molecule has 1 fully saturated rings. The molecule has 1 atom stereocenters. The molecule has 0 amide bonds. The summed E-state index contributed by atoms with van der Waals surface area (Å²) < 4.78 is 54.9. The minimum absolute atomic E-state index is 0.0452. The first-order chi connectivity index (χ1) is 14.4. The van der Waals surface area contributed by atoms with Gasteiger partial charge in [-0.25, -0.2) is 17.6 Å². The highest BCUT2D eigenvalue weighted by Crippen LogP contribution is 2.34. The van der Waals surface area contributed by atoms with E-state index in [1.54, 1.807) is 18.5 Å². The van der Waals surface area contributed by atoms with Crippen LogP contribution in [0.5, 0.6) is 0 Å². The van der Waals surface area contributed by atoms with Crippen molar-refractivity contribution in [3.8, 4) is 0 Å². The smallest absolute Gasteiger partial charge is 0.132 e. The highest BCUT2D eigenvalue weighted by Gasteiger charge is 2.21. The molecule has 1 aromatic rings. The molecular formula is C24H26F4N2. The van der Waals surface area contributed by atoms with Gasteiger partial charge in [0, 0.05) is 30.1 Å². The number of rotatable bonds is 6. The van der Waals surface area contributed by atoms with Gasteiger partial charge in [0.05, 0.1) is 5.56 Å². The number of alkyl halides is 1. The van der Waals surface area contributed by atoms with Crippen LogP contribution < -0.4 is 0 Å². The molecule has 2 nitrogen and oxygen atoms in total. The van der Waals surface area contributed by atoms with E-state index in [4.69, 9.17) is 5.41 Å². The third-order valence-corrected chi connectivity index (χ3v) is 5.95. The zero-order valence-corrected chi connectivity index (χ0v) is 17.0. The lowest BCUT2D eigenvalue weighted by Gasteiger charge is -2.26. The van der Waals surface area contributed by atoms with Crippen molar-refractivity contribution in [3.05, 3.63) is 64.6 Å². The van der Waals surface area contributed by atoms with E-state index in [1.807, 2.05) is 0 Å². The van der Waals surface area contributed by atoms with Crippen LogP contribution in [-0.4, -0.2) is 12.4 Å². The fourth-order valence-corrected chi connectivity index (χ4v) is 4.04. The lowest BCUT2D eigenvalue weighted by Crippen LogP contribution is -2.14. The number of allylic oxidation sites excluding steroid dienone is 5. The summed E-state index contributed by atoms with van der Waals surface area (Å²) in [7, 11) is 0. The Morgan fingerprint density at radius 1 is 1.13 bits per heavy atom. The van der Waals surface area contributed by atoms with Gasteiger partial charge in [-0.1, -0.05) is 25.8 Å².